The van der Waals surface area contributed by atoms with Gasteiger partial charge in [0.2, 0.25) is 0 Å². The Morgan fingerprint density at radius 1 is 0.390 bits per heavy atom. The van der Waals surface area contributed by atoms with Crippen LogP contribution in [0.4, 0.5) is 57.1 Å². The van der Waals surface area contributed by atoms with E-state index in [9.17, 15) is 41.1 Å². The highest BCUT2D eigenvalue weighted by atomic mass is 79.9. The minimum absolute atomic E-state index is 0.0317. The van der Waals surface area contributed by atoms with Gasteiger partial charge in [-0.15, -0.1) is 0 Å². The molecule has 0 spiro atoms. The molecule has 18 nitrogen and oxygen atoms in total. The van der Waals surface area contributed by atoms with E-state index in [0.29, 0.717) is 75.7 Å². The van der Waals surface area contributed by atoms with Gasteiger partial charge in [-0.3, -0.25) is 24.7 Å². The number of hydrogen-bond acceptors (Lipinski definition) is 13. The lowest BCUT2D eigenvalue weighted by Crippen LogP contribution is -2.48. The second-order valence-corrected chi connectivity index (χ2v) is 38.4. The molecule has 5 aromatic heterocycles. The summed E-state index contributed by atoms with van der Waals surface area (Å²) >= 11 is 9.57. The first-order valence-electron chi connectivity index (χ1n) is 43.4. The zero-order valence-corrected chi connectivity index (χ0v) is 77.9. The van der Waals surface area contributed by atoms with Crippen LogP contribution in [0.3, 0.4) is 0 Å². The first-order chi connectivity index (χ1) is 63.8. The van der Waals surface area contributed by atoms with Crippen LogP contribution in [-0.4, -0.2) is 147 Å². The topological polar surface area (TPSA) is 243 Å². The first kappa shape index (κ1) is 99.6. The molecule has 0 bridgehead atoms. The van der Waals surface area contributed by atoms with Gasteiger partial charge in [0.05, 0.1) is 6.20 Å². The molecule has 8 atom stereocenters. The van der Waals surface area contributed by atoms with E-state index in [1.54, 1.807) is 56.3 Å². The SMILES string of the molecule is CC1Cc2c(oc3cc(Cl)ccc23)C(c2c(F)cc(/C=C/C(=O)O)cc2F)N1CC(C)(C)F.CC1Cc2c(oc3cc(F)ccc23)C(c2c(F)cc(/C=C/C(=O)O)cc2F)N1CC(C)(C)F.CC1Cc2c(oc3ccc(-c4cn[nH]c4)cc23)C(c2c(F)cc(/C=C/C(=O)O)cc2F)N1CC(C)(C)F.CC1Cc2c(oc3ccc(Br)cc23)C(c2c(F)cc(/C=C/C(=O)O)cc2F)N1CC(C)(C)F. The van der Waals surface area contributed by atoms with E-state index in [1.165, 1.54) is 67.5 Å². The smallest absolute Gasteiger partial charge is 0.328 e. The number of carboxylic acids is 4. The number of H-pyrrole nitrogens is 1. The van der Waals surface area contributed by atoms with E-state index in [4.69, 9.17) is 49.7 Å². The molecule has 8 aromatic carbocycles. The number of rotatable bonds is 21. The molecule has 33 heteroatoms. The second kappa shape index (κ2) is 39.4. The largest absolute Gasteiger partial charge is 0.478 e. The quantitative estimate of drug-likeness (QED) is 0.0332. The number of aliphatic carboxylic acids is 4. The van der Waals surface area contributed by atoms with Gasteiger partial charge >= 0.3 is 23.9 Å². The standard InChI is InChI=1S/C28H26F3N3O3.C25H23BrF3NO3.C25H23ClF3NO3.C25H23F4NO3/c1-15-8-20-19-11-17(18-12-32-33-13-18)5-6-23(19)37-27(20)26(34(15)14-28(2,3)31)25-21(29)9-16(10-22(25)30)4-7-24(35)36;1-13-8-17-16-11-15(26)5-6-20(16)33-24(17)23(30(13)12-25(2,3)29)22-18(27)9-14(10-19(22)28)4-7-21(31)32;2*1-13-8-17-16-6-5-15(26)11-20(16)33-24(17)23(30(13)12-25(2,3)29)22-18(27)9-14(10-19(22)28)4-7-21(31)32/h4-7,9-13,15,26H,8,14H2,1-3H3,(H,32,33)(H,35,36);3*4-7,9-11,13,23H,8,12H2,1-3H3,(H,31,32)/b4*7-4+. The molecule has 0 amide bonds. The van der Waals surface area contributed by atoms with Crippen molar-refractivity contribution in [1.29, 1.82) is 0 Å². The highest BCUT2D eigenvalue weighted by Gasteiger charge is 2.48. The number of fused-ring (bicyclic) bond motifs is 12. The first-order valence-corrected chi connectivity index (χ1v) is 44.6. The summed E-state index contributed by atoms with van der Waals surface area (Å²) in [4.78, 5) is 50.0. The highest BCUT2D eigenvalue weighted by molar-refractivity contribution is 9.10. The summed E-state index contributed by atoms with van der Waals surface area (Å²) in [6, 6.07) is 23.8. The Bertz CT molecular complexity index is 6490. The predicted octanol–water partition coefficient (Wildman–Crippen LogP) is 25.5. The number of benzene rings is 8. The lowest BCUT2D eigenvalue weighted by atomic mass is 9.87. The predicted molar refractivity (Wildman–Crippen MR) is 495 cm³/mol. The van der Waals surface area contributed by atoms with Crippen molar-refractivity contribution in [1.82, 2.24) is 29.8 Å². The average molecular weight is 1970 g/mol. The highest BCUT2D eigenvalue weighted by Crippen LogP contribution is 2.52. The summed E-state index contributed by atoms with van der Waals surface area (Å²) in [5.41, 5.74) is -0.577. The van der Waals surface area contributed by atoms with E-state index >= 15 is 35.1 Å². The van der Waals surface area contributed by atoms with Crippen LogP contribution in [0, 0.1) is 52.4 Å². The molecule has 17 rings (SSSR count). The van der Waals surface area contributed by atoms with Crippen LogP contribution in [0.2, 0.25) is 5.02 Å². The van der Waals surface area contributed by atoms with Crippen molar-refractivity contribution in [2.24, 2.45) is 0 Å². The molecule has 8 unspecified atom stereocenters. The van der Waals surface area contributed by atoms with Crippen LogP contribution >= 0.6 is 27.5 Å². The Morgan fingerprint density at radius 2 is 0.676 bits per heavy atom. The van der Waals surface area contributed by atoms with Gasteiger partial charge in [0.25, 0.3) is 0 Å². The van der Waals surface area contributed by atoms with E-state index in [0.717, 1.165) is 146 Å². The summed E-state index contributed by atoms with van der Waals surface area (Å²) in [5.74, 6) is -11.1. The maximum atomic E-state index is 15.6. The number of nitrogens with one attached hydrogen (secondary N) is 1. The van der Waals surface area contributed by atoms with E-state index in [-0.39, 0.29) is 106 Å². The molecular formula is C103H95BrClF13N6O12. The fourth-order valence-electron chi connectivity index (χ4n) is 18.6. The minimum atomic E-state index is -1.67. The molecule has 13 aromatic rings. The Hall–Kier alpha value is -12.3. The van der Waals surface area contributed by atoms with Crippen LogP contribution in [0.5, 0.6) is 0 Å². The van der Waals surface area contributed by atoms with Gasteiger partial charge in [-0.25, -0.2) is 76.3 Å². The number of furan rings is 4. The van der Waals surface area contributed by atoms with Crippen LogP contribution < -0.4 is 0 Å². The number of nitrogens with zero attached hydrogens (tertiary/aromatic N) is 5. The Balaban J connectivity index is 0.000000145. The summed E-state index contributed by atoms with van der Waals surface area (Å²) in [6.45, 7) is 18.5. The lowest BCUT2D eigenvalue weighted by molar-refractivity contribution is -0.132. The monoisotopic (exact) mass is 1970 g/mol. The minimum Gasteiger partial charge on any atom is -0.478 e. The summed E-state index contributed by atoms with van der Waals surface area (Å²) < 4.78 is 221. The summed E-state index contributed by atoms with van der Waals surface area (Å²) in [5, 5.41) is 45.6. The van der Waals surface area contributed by atoms with Crippen molar-refractivity contribution in [2.75, 3.05) is 26.2 Å². The molecular weight excluding hydrogens is 1880 g/mol. The molecule has 0 saturated heterocycles. The normalized spacial score (nSPS) is 19.1. The van der Waals surface area contributed by atoms with E-state index < -0.39 is 123 Å². The Labute approximate surface area is 786 Å². The van der Waals surface area contributed by atoms with Crippen LogP contribution in [0.25, 0.3) is 79.3 Å². The van der Waals surface area contributed by atoms with Gasteiger partial charge in [-0.2, -0.15) is 5.10 Å². The van der Waals surface area contributed by atoms with Crippen LogP contribution in [0.1, 0.15) is 197 Å². The number of carboxylic acid groups (broad SMARTS) is 4. The van der Waals surface area contributed by atoms with Crippen LogP contribution in [0.15, 0.2) is 180 Å². The number of aromatic amines is 1. The maximum absolute atomic E-state index is 15.6. The number of halogens is 15. The third-order valence-electron chi connectivity index (χ3n) is 24.0. The molecule has 714 valence electrons. The van der Waals surface area contributed by atoms with Gasteiger partial charge in [0.1, 0.15) is 145 Å². The summed E-state index contributed by atoms with van der Waals surface area (Å²) in [6.07, 6.45) is 13.1. The summed E-state index contributed by atoms with van der Waals surface area (Å²) in [7, 11) is 0. The molecule has 5 N–H and O–H groups in total. The van der Waals surface area contributed by atoms with E-state index in [2.05, 4.69) is 26.1 Å². The maximum Gasteiger partial charge on any atom is 0.328 e. The lowest BCUT2D eigenvalue weighted by Gasteiger charge is -2.42. The molecule has 0 radical (unpaired) electrons. The number of carbonyl (C=O) groups is 4. The number of alkyl halides is 4. The molecule has 9 heterocycles. The Kier molecular flexibility index (Phi) is 28.9. The van der Waals surface area contributed by atoms with Crippen molar-refractivity contribution in [2.45, 2.75) is 180 Å². The molecule has 0 saturated carbocycles. The van der Waals surface area contributed by atoms with Crippen LogP contribution in [-0.2, 0) is 44.9 Å². The fourth-order valence-corrected chi connectivity index (χ4v) is 19.1. The Morgan fingerprint density at radius 3 is 0.978 bits per heavy atom. The van der Waals surface area contributed by atoms with Crippen molar-refractivity contribution in [3.63, 3.8) is 0 Å². The average Bonchev–Trinajstić information content (AvgIpc) is 1.70. The zero-order chi connectivity index (χ0) is 98.7. The van der Waals surface area contributed by atoms with Gasteiger partial charge < -0.3 is 38.1 Å². The number of hydrogen-bond donors (Lipinski definition) is 5. The van der Waals surface area contributed by atoms with E-state index in [1.807, 2.05) is 64.1 Å². The van der Waals surface area contributed by atoms with Gasteiger partial charge in [-0.05, 0) is 264 Å². The molecule has 4 aliphatic heterocycles. The van der Waals surface area contributed by atoms with Gasteiger partial charge in [0, 0.05) is 174 Å². The zero-order valence-electron chi connectivity index (χ0n) is 75.6. The van der Waals surface area contributed by atoms with Gasteiger partial charge in [0.15, 0.2) is 0 Å². The molecule has 4 aliphatic rings. The third-order valence-corrected chi connectivity index (χ3v) is 24.7. The van der Waals surface area contributed by atoms with Crippen molar-refractivity contribution in [3.8, 4) is 11.1 Å². The molecule has 0 fully saturated rings. The number of aromatic nitrogens is 2. The molecule has 136 heavy (non-hydrogen) atoms. The van der Waals surface area contributed by atoms with Crippen molar-refractivity contribution in [3.05, 3.63) is 310 Å². The fraction of sp³-hybridized carbons (Fsp3) is 0.311. The van der Waals surface area contributed by atoms with Crippen molar-refractivity contribution < 1.29 is 114 Å². The second-order valence-electron chi connectivity index (χ2n) is 37.1. The van der Waals surface area contributed by atoms with Gasteiger partial charge in [-0.1, -0.05) is 33.6 Å². The molecule has 0 aliphatic carbocycles. The van der Waals surface area contributed by atoms with Crippen molar-refractivity contribution >= 4 is 120 Å². The third kappa shape index (κ3) is 22.2.